The summed E-state index contributed by atoms with van der Waals surface area (Å²) < 4.78 is 5.29. The van der Waals surface area contributed by atoms with Gasteiger partial charge in [0.15, 0.2) is 0 Å². The first-order chi connectivity index (χ1) is 6.84. The maximum atomic E-state index is 9.70. The molecule has 1 unspecified atom stereocenters. The summed E-state index contributed by atoms with van der Waals surface area (Å²) in [7, 11) is 0. The van der Waals surface area contributed by atoms with Gasteiger partial charge in [-0.25, -0.2) is 0 Å². The molecule has 1 atom stereocenters. The fraction of sp³-hybridized carbons (Fsp3) is 0.545. The highest BCUT2D eigenvalue weighted by molar-refractivity contribution is 5.11. The van der Waals surface area contributed by atoms with Crippen LogP contribution in [-0.2, 0) is 4.74 Å². The summed E-state index contributed by atoms with van der Waals surface area (Å²) in [5, 5.41) is 9.70. The SMILES string of the molecule is CCCOCCC(O)c1cccnc1. The zero-order valence-electron chi connectivity index (χ0n) is 8.52. The van der Waals surface area contributed by atoms with Crippen LogP contribution in [-0.4, -0.2) is 23.3 Å². The number of hydrogen-bond acceptors (Lipinski definition) is 3. The highest BCUT2D eigenvalue weighted by atomic mass is 16.5. The van der Waals surface area contributed by atoms with Crippen LogP contribution in [0.15, 0.2) is 24.5 Å². The van der Waals surface area contributed by atoms with Crippen molar-refractivity contribution in [3.8, 4) is 0 Å². The average molecular weight is 195 g/mol. The molecule has 14 heavy (non-hydrogen) atoms. The van der Waals surface area contributed by atoms with Gasteiger partial charge in [0.1, 0.15) is 0 Å². The Bertz CT molecular complexity index is 238. The smallest absolute Gasteiger partial charge is 0.0826 e. The standard InChI is InChI=1S/C11H17NO2/c1-2-7-14-8-5-11(13)10-4-3-6-12-9-10/h3-4,6,9,11,13H,2,5,7-8H2,1H3. The van der Waals surface area contributed by atoms with Crippen LogP contribution < -0.4 is 0 Å². The maximum absolute atomic E-state index is 9.70. The van der Waals surface area contributed by atoms with E-state index >= 15 is 0 Å². The highest BCUT2D eigenvalue weighted by Gasteiger charge is 2.06. The van der Waals surface area contributed by atoms with E-state index in [4.69, 9.17) is 4.74 Å². The summed E-state index contributed by atoms with van der Waals surface area (Å²) in [6.45, 7) is 3.43. The summed E-state index contributed by atoms with van der Waals surface area (Å²) in [4.78, 5) is 3.95. The van der Waals surface area contributed by atoms with E-state index in [9.17, 15) is 5.11 Å². The molecule has 0 amide bonds. The number of pyridine rings is 1. The first kappa shape index (κ1) is 11.1. The summed E-state index contributed by atoms with van der Waals surface area (Å²) in [5.41, 5.74) is 0.854. The van der Waals surface area contributed by atoms with Crippen LogP contribution in [0.5, 0.6) is 0 Å². The molecule has 0 spiro atoms. The lowest BCUT2D eigenvalue weighted by Gasteiger charge is -2.10. The third kappa shape index (κ3) is 3.85. The van der Waals surface area contributed by atoms with Crippen molar-refractivity contribution in [2.75, 3.05) is 13.2 Å². The Hall–Kier alpha value is -0.930. The van der Waals surface area contributed by atoms with E-state index in [1.54, 1.807) is 12.4 Å². The molecule has 1 aromatic heterocycles. The second-order valence-corrected chi connectivity index (χ2v) is 3.20. The Labute approximate surface area is 84.7 Å². The zero-order valence-corrected chi connectivity index (χ0v) is 8.52. The Morgan fingerprint density at radius 3 is 3.00 bits per heavy atom. The third-order valence-corrected chi connectivity index (χ3v) is 1.95. The third-order valence-electron chi connectivity index (χ3n) is 1.95. The van der Waals surface area contributed by atoms with Crippen LogP contribution in [0.4, 0.5) is 0 Å². The van der Waals surface area contributed by atoms with Crippen molar-refractivity contribution in [2.45, 2.75) is 25.9 Å². The lowest BCUT2D eigenvalue weighted by molar-refractivity contribution is 0.0821. The molecule has 0 saturated carbocycles. The van der Waals surface area contributed by atoms with E-state index in [-0.39, 0.29) is 0 Å². The Morgan fingerprint density at radius 2 is 2.36 bits per heavy atom. The Balaban J connectivity index is 2.25. The minimum Gasteiger partial charge on any atom is -0.388 e. The summed E-state index contributed by atoms with van der Waals surface area (Å²) in [6, 6.07) is 3.70. The van der Waals surface area contributed by atoms with E-state index < -0.39 is 6.10 Å². The largest absolute Gasteiger partial charge is 0.388 e. The number of nitrogens with zero attached hydrogens (tertiary/aromatic N) is 1. The van der Waals surface area contributed by atoms with Gasteiger partial charge in [-0.3, -0.25) is 4.98 Å². The van der Waals surface area contributed by atoms with Crippen LogP contribution in [0.2, 0.25) is 0 Å². The molecular weight excluding hydrogens is 178 g/mol. The number of rotatable bonds is 6. The van der Waals surface area contributed by atoms with E-state index in [0.717, 1.165) is 18.6 Å². The fourth-order valence-electron chi connectivity index (χ4n) is 1.18. The number of ether oxygens (including phenoxy) is 1. The number of hydrogen-bond donors (Lipinski definition) is 1. The van der Waals surface area contributed by atoms with Gasteiger partial charge in [-0.05, 0) is 18.1 Å². The molecule has 0 fully saturated rings. The lowest BCUT2D eigenvalue weighted by atomic mass is 10.1. The van der Waals surface area contributed by atoms with Crippen molar-refractivity contribution in [2.24, 2.45) is 0 Å². The molecule has 0 saturated heterocycles. The van der Waals surface area contributed by atoms with Crippen molar-refractivity contribution in [3.63, 3.8) is 0 Å². The molecule has 0 aromatic carbocycles. The van der Waals surface area contributed by atoms with Crippen LogP contribution >= 0.6 is 0 Å². The first-order valence-corrected chi connectivity index (χ1v) is 5.00. The predicted molar refractivity (Wildman–Crippen MR) is 54.9 cm³/mol. The van der Waals surface area contributed by atoms with Crippen LogP contribution in [0.1, 0.15) is 31.4 Å². The van der Waals surface area contributed by atoms with Crippen LogP contribution in [0.3, 0.4) is 0 Å². The minimum absolute atomic E-state index is 0.458. The first-order valence-electron chi connectivity index (χ1n) is 5.00. The van der Waals surface area contributed by atoms with E-state index in [2.05, 4.69) is 11.9 Å². The van der Waals surface area contributed by atoms with Crippen molar-refractivity contribution < 1.29 is 9.84 Å². The van der Waals surface area contributed by atoms with Crippen molar-refractivity contribution >= 4 is 0 Å². The molecule has 0 aliphatic heterocycles. The van der Waals surface area contributed by atoms with E-state index in [1.165, 1.54) is 0 Å². The Kier molecular flexibility index (Phi) is 5.19. The monoisotopic (exact) mass is 195 g/mol. The van der Waals surface area contributed by atoms with Gasteiger partial charge < -0.3 is 9.84 Å². The lowest BCUT2D eigenvalue weighted by Crippen LogP contribution is -2.04. The Morgan fingerprint density at radius 1 is 1.50 bits per heavy atom. The maximum Gasteiger partial charge on any atom is 0.0826 e. The number of aliphatic hydroxyl groups excluding tert-OH is 1. The molecule has 3 nitrogen and oxygen atoms in total. The minimum atomic E-state index is -0.458. The van der Waals surface area contributed by atoms with Gasteiger partial charge >= 0.3 is 0 Å². The fourth-order valence-corrected chi connectivity index (χ4v) is 1.18. The molecule has 3 heteroatoms. The molecule has 1 N–H and O–H groups in total. The molecule has 0 bridgehead atoms. The summed E-state index contributed by atoms with van der Waals surface area (Å²) in [6.07, 6.45) is 4.57. The molecule has 1 heterocycles. The average Bonchev–Trinajstić information content (AvgIpc) is 2.25. The molecule has 1 rings (SSSR count). The quantitative estimate of drug-likeness (QED) is 0.705. The second kappa shape index (κ2) is 6.51. The number of aliphatic hydroxyl groups is 1. The van der Waals surface area contributed by atoms with Crippen LogP contribution in [0, 0.1) is 0 Å². The van der Waals surface area contributed by atoms with E-state index in [1.807, 2.05) is 12.1 Å². The highest BCUT2D eigenvalue weighted by Crippen LogP contribution is 2.14. The molecule has 78 valence electrons. The molecule has 0 aliphatic carbocycles. The van der Waals surface area contributed by atoms with Gasteiger partial charge in [-0.2, -0.15) is 0 Å². The second-order valence-electron chi connectivity index (χ2n) is 3.20. The van der Waals surface area contributed by atoms with Gasteiger partial charge in [0.2, 0.25) is 0 Å². The van der Waals surface area contributed by atoms with Crippen molar-refractivity contribution in [3.05, 3.63) is 30.1 Å². The van der Waals surface area contributed by atoms with Crippen LogP contribution in [0.25, 0.3) is 0 Å². The van der Waals surface area contributed by atoms with Gasteiger partial charge in [-0.1, -0.05) is 13.0 Å². The predicted octanol–water partition coefficient (Wildman–Crippen LogP) is 1.93. The zero-order chi connectivity index (χ0) is 10.2. The normalized spacial score (nSPS) is 12.7. The summed E-state index contributed by atoms with van der Waals surface area (Å²) >= 11 is 0. The van der Waals surface area contributed by atoms with Gasteiger partial charge in [-0.15, -0.1) is 0 Å². The van der Waals surface area contributed by atoms with E-state index in [0.29, 0.717) is 13.0 Å². The van der Waals surface area contributed by atoms with Crippen molar-refractivity contribution in [1.29, 1.82) is 0 Å². The molecule has 0 radical (unpaired) electrons. The summed E-state index contributed by atoms with van der Waals surface area (Å²) in [5.74, 6) is 0. The molecule has 1 aromatic rings. The van der Waals surface area contributed by atoms with Gasteiger partial charge in [0.25, 0.3) is 0 Å². The topological polar surface area (TPSA) is 42.4 Å². The van der Waals surface area contributed by atoms with Crippen molar-refractivity contribution in [1.82, 2.24) is 4.98 Å². The number of aromatic nitrogens is 1. The molecule has 0 aliphatic rings. The molecular formula is C11H17NO2. The van der Waals surface area contributed by atoms with Gasteiger partial charge in [0, 0.05) is 32.0 Å². The van der Waals surface area contributed by atoms with Gasteiger partial charge in [0.05, 0.1) is 6.10 Å².